The first-order chi connectivity index (χ1) is 8.28. The van der Waals surface area contributed by atoms with Crippen molar-refractivity contribution >= 4 is 0 Å². The number of rotatable bonds is 3. The van der Waals surface area contributed by atoms with Crippen molar-refractivity contribution in [3.05, 3.63) is 42.2 Å². The second kappa shape index (κ2) is 3.87. The fourth-order valence-corrected chi connectivity index (χ4v) is 1.88. The predicted octanol–water partition coefficient (Wildman–Crippen LogP) is 2.90. The molecule has 0 saturated heterocycles. The molecule has 0 spiro atoms. The zero-order valence-electron chi connectivity index (χ0n) is 9.56. The van der Waals surface area contributed by atoms with Gasteiger partial charge in [0.1, 0.15) is 5.75 Å². The van der Waals surface area contributed by atoms with Crippen molar-refractivity contribution in [2.45, 2.75) is 18.8 Å². The number of aromatic nitrogens is 2. The number of imidazole rings is 1. The standard InChI is InChI=1S/C13H13FN2O/c1-17-10-4-5-13(11(14)6-10)16-7-12(15-8-16)9-2-3-9/h4-9H,2-3H2,1H3. The second-order valence-electron chi connectivity index (χ2n) is 4.30. The topological polar surface area (TPSA) is 27.1 Å². The normalized spacial score (nSPS) is 14.9. The van der Waals surface area contributed by atoms with Gasteiger partial charge in [-0.2, -0.15) is 0 Å². The minimum atomic E-state index is -0.302. The molecular weight excluding hydrogens is 219 g/mol. The highest BCUT2D eigenvalue weighted by Crippen LogP contribution is 2.39. The van der Waals surface area contributed by atoms with Gasteiger partial charge in [-0.25, -0.2) is 9.37 Å². The number of hydrogen-bond acceptors (Lipinski definition) is 2. The minimum Gasteiger partial charge on any atom is -0.497 e. The molecule has 1 aliphatic rings. The Balaban J connectivity index is 1.96. The van der Waals surface area contributed by atoms with Crippen LogP contribution < -0.4 is 4.74 Å². The van der Waals surface area contributed by atoms with E-state index < -0.39 is 0 Å². The Morgan fingerprint density at radius 3 is 2.88 bits per heavy atom. The quantitative estimate of drug-likeness (QED) is 0.813. The van der Waals surface area contributed by atoms with Gasteiger partial charge in [0.2, 0.25) is 0 Å². The van der Waals surface area contributed by atoms with Crippen LogP contribution in [-0.4, -0.2) is 16.7 Å². The maximum Gasteiger partial charge on any atom is 0.150 e. The van der Waals surface area contributed by atoms with Crippen molar-refractivity contribution in [3.8, 4) is 11.4 Å². The lowest BCUT2D eigenvalue weighted by Crippen LogP contribution is -1.95. The third-order valence-corrected chi connectivity index (χ3v) is 3.03. The molecule has 2 aromatic rings. The Kier molecular flexibility index (Phi) is 2.35. The molecule has 17 heavy (non-hydrogen) atoms. The van der Waals surface area contributed by atoms with E-state index in [1.54, 1.807) is 23.0 Å². The summed E-state index contributed by atoms with van der Waals surface area (Å²) in [6.07, 6.45) is 5.96. The fourth-order valence-electron chi connectivity index (χ4n) is 1.88. The molecule has 3 rings (SSSR count). The van der Waals surface area contributed by atoms with E-state index in [2.05, 4.69) is 4.98 Å². The van der Waals surface area contributed by atoms with E-state index in [9.17, 15) is 4.39 Å². The van der Waals surface area contributed by atoms with Crippen LogP contribution in [0.2, 0.25) is 0 Å². The largest absolute Gasteiger partial charge is 0.497 e. The van der Waals surface area contributed by atoms with E-state index in [4.69, 9.17) is 4.74 Å². The molecule has 1 aromatic carbocycles. The van der Waals surface area contributed by atoms with Crippen molar-refractivity contribution < 1.29 is 9.13 Å². The van der Waals surface area contributed by atoms with Gasteiger partial charge in [-0.3, -0.25) is 0 Å². The molecule has 0 aliphatic heterocycles. The van der Waals surface area contributed by atoms with Crippen LogP contribution in [0, 0.1) is 5.82 Å². The van der Waals surface area contributed by atoms with Crippen LogP contribution in [-0.2, 0) is 0 Å². The van der Waals surface area contributed by atoms with Crippen molar-refractivity contribution in [3.63, 3.8) is 0 Å². The number of hydrogen-bond donors (Lipinski definition) is 0. The monoisotopic (exact) mass is 232 g/mol. The summed E-state index contributed by atoms with van der Waals surface area (Å²) >= 11 is 0. The van der Waals surface area contributed by atoms with Crippen molar-refractivity contribution in [2.75, 3.05) is 7.11 Å². The first kappa shape index (κ1) is 10.3. The van der Waals surface area contributed by atoms with E-state index >= 15 is 0 Å². The number of nitrogens with zero attached hydrogens (tertiary/aromatic N) is 2. The Labute approximate surface area is 98.9 Å². The molecule has 0 bridgehead atoms. The van der Waals surface area contributed by atoms with Gasteiger partial charge in [-0.1, -0.05) is 0 Å². The molecule has 1 aromatic heterocycles. The maximum atomic E-state index is 13.8. The SMILES string of the molecule is COc1ccc(-n2cnc(C3CC3)c2)c(F)c1. The van der Waals surface area contributed by atoms with Crippen LogP contribution in [0.5, 0.6) is 5.75 Å². The van der Waals surface area contributed by atoms with Gasteiger partial charge in [0.15, 0.2) is 5.82 Å². The van der Waals surface area contributed by atoms with Gasteiger partial charge in [-0.05, 0) is 25.0 Å². The Morgan fingerprint density at radius 2 is 2.24 bits per heavy atom. The van der Waals surface area contributed by atoms with Gasteiger partial charge in [-0.15, -0.1) is 0 Å². The summed E-state index contributed by atoms with van der Waals surface area (Å²) in [5.74, 6) is 0.801. The molecule has 1 heterocycles. The molecule has 0 unspecified atom stereocenters. The highest BCUT2D eigenvalue weighted by molar-refractivity contribution is 5.39. The molecule has 88 valence electrons. The lowest BCUT2D eigenvalue weighted by Gasteiger charge is -2.05. The molecule has 0 atom stereocenters. The smallest absolute Gasteiger partial charge is 0.150 e. The van der Waals surface area contributed by atoms with Crippen LogP contribution in [0.4, 0.5) is 4.39 Å². The summed E-state index contributed by atoms with van der Waals surface area (Å²) in [6, 6.07) is 4.83. The average Bonchev–Trinajstić information content (AvgIpc) is 3.08. The minimum absolute atomic E-state index is 0.302. The van der Waals surface area contributed by atoms with Crippen molar-refractivity contribution in [1.82, 2.24) is 9.55 Å². The summed E-state index contributed by atoms with van der Waals surface area (Å²) in [6.45, 7) is 0. The number of methoxy groups -OCH3 is 1. The number of halogens is 1. The summed E-state index contributed by atoms with van der Waals surface area (Å²) < 4.78 is 20.5. The Morgan fingerprint density at radius 1 is 1.41 bits per heavy atom. The lowest BCUT2D eigenvalue weighted by molar-refractivity contribution is 0.411. The van der Waals surface area contributed by atoms with E-state index in [1.807, 2.05) is 6.20 Å². The highest BCUT2D eigenvalue weighted by Gasteiger charge is 2.26. The molecular formula is C13H13FN2O. The summed E-state index contributed by atoms with van der Waals surface area (Å²) in [4.78, 5) is 4.30. The third-order valence-electron chi connectivity index (χ3n) is 3.03. The molecule has 1 aliphatic carbocycles. The molecule has 1 fully saturated rings. The van der Waals surface area contributed by atoms with Crippen molar-refractivity contribution in [2.24, 2.45) is 0 Å². The molecule has 0 radical (unpaired) electrons. The average molecular weight is 232 g/mol. The molecule has 1 saturated carbocycles. The van der Waals surface area contributed by atoms with E-state index in [0.29, 0.717) is 17.4 Å². The van der Waals surface area contributed by atoms with Crippen molar-refractivity contribution in [1.29, 1.82) is 0 Å². The van der Waals surface area contributed by atoms with Gasteiger partial charge in [0.05, 0.1) is 24.8 Å². The zero-order valence-corrected chi connectivity index (χ0v) is 9.56. The first-order valence-corrected chi connectivity index (χ1v) is 5.66. The highest BCUT2D eigenvalue weighted by atomic mass is 19.1. The van der Waals surface area contributed by atoms with E-state index in [1.165, 1.54) is 26.0 Å². The van der Waals surface area contributed by atoms with Crippen LogP contribution in [0.25, 0.3) is 5.69 Å². The van der Waals surface area contributed by atoms with E-state index in [0.717, 1.165) is 5.69 Å². The zero-order chi connectivity index (χ0) is 11.8. The van der Waals surface area contributed by atoms with Gasteiger partial charge < -0.3 is 9.30 Å². The molecule has 3 nitrogen and oxygen atoms in total. The van der Waals surface area contributed by atoms with Gasteiger partial charge >= 0.3 is 0 Å². The Hall–Kier alpha value is -1.84. The lowest BCUT2D eigenvalue weighted by atomic mass is 10.3. The second-order valence-corrected chi connectivity index (χ2v) is 4.30. The Bertz CT molecular complexity index is 546. The maximum absolute atomic E-state index is 13.8. The molecule has 0 amide bonds. The fraction of sp³-hybridized carbons (Fsp3) is 0.308. The van der Waals surface area contributed by atoms with Crippen LogP contribution in [0.15, 0.2) is 30.7 Å². The van der Waals surface area contributed by atoms with Crippen LogP contribution >= 0.6 is 0 Å². The molecule has 0 N–H and O–H groups in total. The predicted molar refractivity (Wildman–Crippen MR) is 62.0 cm³/mol. The number of benzene rings is 1. The van der Waals surface area contributed by atoms with Crippen LogP contribution in [0.3, 0.4) is 0 Å². The summed E-state index contributed by atoms with van der Waals surface area (Å²) in [5, 5.41) is 0. The van der Waals surface area contributed by atoms with E-state index in [-0.39, 0.29) is 5.82 Å². The first-order valence-electron chi connectivity index (χ1n) is 5.66. The summed E-state index contributed by atoms with van der Waals surface area (Å²) in [7, 11) is 1.52. The summed E-state index contributed by atoms with van der Waals surface area (Å²) in [5.41, 5.74) is 1.56. The van der Waals surface area contributed by atoms with Crippen LogP contribution in [0.1, 0.15) is 24.5 Å². The molecule has 4 heteroatoms. The van der Waals surface area contributed by atoms with Gasteiger partial charge in [0.25, 0.3) is 0 Å². The van der Waals surface area contributed by atoms with Gasteiger partial charge in [0, 0.05) is 18.2 Å². The number of ether oxygens (including phenoxy) is 1. The third kappa shape index (κ3) is 1.90.